The maximum absolute atomic E-state index is 12.4. The van der Waals surface area contributed by atoms with Crippen LogP contribution in [0.5, 0.6) is 0 Å². The van der Waals surface area contributed by atoms with Crippen LogP contribution in [-0.4, -0.2) is 73.0 Å². The highest BCUT2D eigenvalue weighted by Gasteiger charge is 2.31. The number of amides is 2. The van der Waals surface area contributed by atoms with Crippen LogP contribution < -0.4 is 0 Å². The number of aliphatic carboxylic acids is 1. The average molecular weight is 304 g/mol. The van der Waals surface area contributed by atoms with E-state index in [0.717, 1.165) is 12.8 Å². The normalized spacial score (nSPS) is 22.1. The molecule has 0 radical (unpaired) electrons. The van der Waals surface area contributed by atoms with Crippen molar-refractivity contribution in [3.8, 4) is 0 Å². The smallest absolute Gasteiger partial charge is 0.323 e. The third kappa shape index (κ3) is 4.36. The number of carboxylic acid groups (broad SMARTS) is 1. The number of carbonyl (C=O) groups excluding carboxylic acids is 1. The first kappa shape index (κ1) is 15.1. The van der Waals surface area contributed by atoms with Gasteiger partial charge in [0.2, 0.25) is 0 Å². The van der Waals surface area contributed by atoms with E-state index in [1.807, 2.05) is 0 Å². The van der Waals surface area contributed by atoms with Crippen molar-refractivity contribution in [1.29, 1.82) is 0 Å². The van der Waals surface area contributed by atoms with E-state index in [4.69, 9.17) is 5.11 Å². The van der Waals surface area contributed by atoms with Crippen molar-refractivity contribution in [2.24, 2.45) is 5.92 Å². The summed E-state index contributed by atoms with van der Waals surface area (Å²) in [7, 11) is -3.07. The molecule has 8 heteroatoms. The standard InChI is InChI=1S/C12H20N2O5S/c15-11(16)9-14(8-10-2-3-10)12(17)13-4-1-6-20(18,19)7-5-13/h10H,1-9H2,(H,15,16). The fraction of sp³-hybridized carbons (Fsp3) is 0.833. The Morgan fingerprint density at radius 1 is 1.20 bits per heavy atom. The molecular formula is C12H20N2O5S. The summed E-state index contributed by atoms with van der Waals surface area (Å²) in [6.45, 7) is 0.660. The minimum absolute atomic E-state index is 0.0386. The van der Waals surface area contributed by atoms with Gasteiger partial charge >= 0.3 is 12.0 Å². The summed E-state index contributed by atoms with van der Waals surface area (Å²) < 4.78 is 23.1. The fourth-order valence-corrected chi connectivity index (χ4v) is 3.59. The van der Waals surface area contributed by atoms with Gasteiger partial charge in [-0.1, -0.05) is 0 Å². The Morgan fingerprint density at radius 3 is 2.50 bits per heavy atom. The van der Waals surface area contributed by atoms with Crippen LogP contribution in [0, 0.1) is 5.92 Å². The highest BCUT2D eigenvalue weighted by molar-refractivity contribution is 7.91. The highest BCUT2D eigenvalue weighted by Crippen LogP contribution is 2.30. The molecule has 1 saturated carbocycles. The van der Waals surface area contributed by atoms with Gasteiger partial charge < -0.3 is 14.9 Å². The third-order valence-electron chi connectivity index (χ3n) is 3.60. The predicted octanol–water partition coefficient (Wildman–Crippen LogP) is 0.0235. The minimum Gasteiger partial charge on any atom is -0.480 e. The van der Waals surface area contributed by atoms with Crippen LogP contribution in [0.15, 0.2) is 0 Å². The lowest BCUT2D eigenvalue weighted by Crippen LogP contribution is -2.47. The Balaban J connectivity index is 1.99. The zero-order valence-electron chi connectivity index (χ0n) is 11.3. The van der Waals surface area contributed by atoms with Gasteiger partial charge in [-0.25, -0.2) is 13.2 Å². The van der Waals surface area contributed by atoms with Gasteiger partial charge in [0.1, 0.15) is 6.54 Å². The molecule has 2 fully saturated rings. The molecule has 0 aromatic heterocycles. The number of carboxylic acids is 1. The second-order valence-corrected chi connectivity index (χ2v) is 7.80. The molecule has 114 valence electrons. The molecule has 7 nitrogen and oxygen atoms in total. The number of nitrogens with zero attached hydrogens (tertiary/aromatic N) is 2. The van der Waals surface area contributed by atoms with Crippen LogP contribution in [0.4, 0.5) is 4.79 Å². The zero-order chi connectivity index (χ0) is 14.8. The van der Waals surface area contributed by atoms with Gasteiger partial charge in [0, 0.05) is 19.6 Å². The summed E-state index contributed by atoms with van der Waals surface area (Å²) >= 11 is 0. The van der Waals surface area contributed by atoms with Crippen LogP contribution in [0.3, 0.4) is 0 Å². The second-order valence-electron chi connectivity index (χ2n) is 5.49. The third-order valence-corrected chi connectivity index (χ3v) is 5.31. The fourth-order valence-electron chi connectivity index (χ4n) is 2.32. The van der Waals surface area contributed by atoms with Gasteiger partial charge in [-0.3, -0.25) is 4.79 Å². The molecule has 0 unspecified atom stereocenters. The molecule has 2 rings (SSSR count). The topological polar surface area (TPSA) is 95.0 Å². The second kappa shape index (κ2) is 5.99. The number of rotatable bonds is 4. The van der Waals surface area contributed by atoms with Crippen LogP contribution in [0.1, 0.15) is 19.3 Å². The molecule has 2 aliphatic rings. The number of urea groups is 1. The lowest BCUT2D eigenvalue weighted by Gasteiger charge is -2.28. The Bertz CT molecular complexity index is 486. The quantitative estimate of drug-likeness (QED) is 0.790. The molecule has 1 aliphatic carbocycles. The van der Waals surface area contributed by atoms with E-state index in [9.17, 15) is 18.0 Å². The van der Waals surface area contributed by atoms with Crippen LogP contribution >= 0.6 is 0 Å². The molecular weight excluding hydrogens is 284 g/mol. The Labute approximate surface area is 118 Å². The lowest BCUT2D eigenvalue weighted by molar-refractivity contribution is -0.137. The number of sulfone groups is 1. The first-order valence-corrected chi connectivity index (χ1v) is 8.65. The van der Waals surface area contributed by atoms with E-state index < -0.39 is 15.8 Å². The Morgan fingerprint density at radius 2 is 1.90 bits per heavy atom. The van der Waals surface area contributed by atoms with Crippen molar-refractivity contribution >= 4 is 21.8 Å². The minimum atomic E-state index is -3.07. The van der Waals surface area contributed by atoms with Crippen LogP contribution in [0.2, 0.25) is 0 Å². The maximum atomic E-state index is 12.4. The summed E-state index contributed by atoms with van der Waals surface area (Å²) in [5, 5.41) is 8.89. The molecule has 20 heavy (non-hydrogen) atoms. The Hall–Kier alpha value is -1.31. The molecule has 0 atom stereocenters. The molecule has 0 bridgehead atoms. The molecule has 1 aliphatic heterocycles. The lowest BCUT2D eigenvalue weighted by atomic mass is 10.3. The van der Waals surface area contributed by atoms with Gasteiger partial charge in [-0.15, -0.1) is 0 Å². The first-order valence-electron chi connectivity index (χ1n) is 6.83. The van der Waals surface area contributed by atoms with Crippen molar-refractivity contribution in [2.75, 3.05) is 37.7 Å². The van der Waals surface area contributed by atoms with Crippen molar-refractivity contribution in [3.05, 3.63) is 0 Å². The SMILES string of the molecule is O=C(O)CN(CC1CC1)C(=O)N1CCCS(=O)(=O)CC1. The first-order chi connectivity index (χ1) is 9.37. The van der Waals surface area contributed by atoms with Crippen LogP contribution in [0.25, 0.3) is 0 Å². The monoisotopic (exact) mass is 304 g/mol. The molecule has 0 aromatic rings. The molecule has 1 saturated heterocycles. The van der Waals surface area contributed by atoms with Gasteiger partial charge in [0.15, 0.2) is 9.84 Å². The number of hydrogen-bond donors (Lipinski definition) is 1. The van der Waals surface area contributed by atoms with Crippen molar-refractivity contribution in [3.63, 3.8) is 0 Å². The van der Waals surface area contributed by atoms with Crippen molar-refractivity contribution in [2.45, 2.75) is 19.3 Å². The van der Waals surface area contributed by atoms with E-state index in [-0.39, 0.29) is 30.6 Å². The highest BCUT2D eigenvalue weighted by atomic mass is 32.2. The van der Waals surface area contributed by atoms with E-state index in [0.29, 0.717) is 25.4 Å². The summed E-state index contributed by atoms with van der Waals surface area (Å²) in [5.74, 6) is -0.586. The van der Waals surface area contributed by atoms with E-state index in [2.05, 4.69) is 0 Å². The van der Waals surface area contributed by atoms with E-state index in [1.54, 1.807) is 0 Å². The van der Waals surface area contributed by atoms with E-state index >= 15 is 0 Å². The maximum Gasteiger partial charge on any atom is 0.323 e. The van der Waals surface area contributed by atoms with Gasteiger partial charge in [0.05, 0.1) is 11.5 Å². The largest absolute Gasteiger partial charge is 0.480 e. The van der Waals surface area contributed by atoms with Gasteiger partial charge in [0.25, 0.3) is 0 Å². The number of carbonyl (C=O) groups is 2. The molecule has 1 N–H and O–H groups in total. The molecule has 2 amide bonds. The number of hydrogen-bond acceptors (Lipinski definition) is 4. The summed E-state index contributed by atoms with van der Waals surface area (Å²) in [5.41, 5.74) is 0. The summed E-state index contributed by atoms with van der Waals surface area (Å²) in [4.78, 5) is 26.0. The van der Waals surface area contributed by atoms with Crippen LogP contribution in [-0.2, 0) is 14.6 Å². The predicted molar refractivity (Wildman–Crippen MR) is 72.2 cm³/mol. The zero-order valence-corrected chi connectivity index (χ0v) is 12.1. The molecule has 0 spiro atoms. The van der Waals surface area contributed by atoms with Crippen molar-refractivity contribution in [1.82, 2.24) is 9.80 Å². The molecule has 0 aromatic carbocycles. The van der Waals surface area contributed by atoms with Crippen molar-refractivity contribution < 1.29 is 23.1 Å². The summed E-state index contributed by atoms with van der Waals surface area (Å²) in [6.07, 6.45) is 2.47. The molecule has 1 heterocycles. The Kier molecular flexibility index (Phi) is 4.52. The van der Waals surface area contributed by atoms with Gasteiger partial charge in [-0.2, -0.15) is 0 Å². The van der Waals surface area contributed by atoms with Gasteiger partial charge in [-0.05, 0) is 25.2 Å². The average Bonchev–Trinajstić information content (AvgIpc) is 3.15. The van der Waals surface area contributed by atoms with E-state index in [1.165, 1.54) is 9.80 Å². The summed E-state index contributed by atoms with van der Waals surface area (Å²) in [6, 6.07) is -0.351.